The van der Waals surface area contributed by atoms with Crippen LogP contribution in [0.15, 0.2) is 24.3 Å². The number of aromatic nitrogens is 4. The third-order valence-corrected chi connectivity index (χ3v) is 5.18. The lowest BCUT2D eigenvalue weighted by atomic mass is 9.90. The van der Waals surface area contributed by atoms with Crippen molar-refractivity contribution in [1.29, 1.82) is 0 Å². The Bertz CT molecular complexity index is 1050. The van der Waals surface area contributed by atoms with Crippen LogP contribution in [0.2, 0.25) is 0 Å². The summed E-state index contributed by atoms with van der Waals surface area (Å²) in [6.07, 6.45) is 1.22. The number of nitrogens with zero attached hydrogens (tertiary/aromatic N) is 3. The SMILES string of the molecule is CNC(=O)c1[nH]nc2c1[C@@H](c1nc3ccccc3n1CCC(C)C)CC(=O)N2. The summed E-state index contributed by atoms with van der Waals surface area (Å²) >= 11 is 0. The summed E-state index contributed by atoms with van der Waals surface area (Å²) in [6, 6.07) is 7.97. The van der Waals surface area contributed by atoms with Crippen LogP contribution in [-0.4, -0.2) is 38.6 Å². The smallest absolute Gasteiger partial charge is 0.269 e. The van der Waals surface area contributed by atoms with Crippen LogP contribution in [-0.2, 0) is 11.3 Å². The summed E-state index contributed by atoms with van der Waals surface area (Å²) < 4.78 is 2.18. The number of benzene rings is 1. The number of H-pyrrole nitrogens is 1. The van der Waals surface area contributed by atoms with Gasteiger partial charge in [-0.3, -0.25) is 14.7 Å². The van der Waals surface area contributed by atoms with Crippen LogP contribution in [0, 0.1) is 5.92 Å². The minimum atomic E-state index is -0.339. The third-order valence-electron chi connectivity index (χ3n) is 5.18. The molecule has 1 aliphatic rings. The molecule has 0 saturated heterocycles. The molecule has 28 heavy (non-hydrogen) atoms. The highest BCUT2D eigenvalue weighted by Gasteiger charge is 2.36. The predicted octanol–water partition coefficient (Wildman–Crippen LogP) is 2.64. The second kappa shape index (κ2) is 7.10. The van der Waals surface area contributed by atoms with Gasteiger partial charge in [0.2, 0.25) is 5.91 Å². The van der Waals surface area contributed by atoms with Crippen molar-refractivity contribution in [2.24, 2.45) is 5.92 Å². The zero-order valence-corrected chi connectivity index (χ0v) is 16.2. The molecule has 2 aromatic heterocycles. The molecule has 0 bridgehead atoms. The number of anilines is 1. The van der Waals surface area contributed by atoms with E-state index in [1.165, 1.54) is 0 Å². The van der Waals surface area contributed by atoms with E-state index in [-0.39, 0.29) is 24.2 Å². The Kier molecular flexibility index (Phi) is 4.62. The number of carbonyl (C=O) groups is 2. The lowest BCUT2D eigenvalue weighted by molar-refractivity contribution is -0.116. The zero-order valence-electron chi connectivity index (χ0n) is 16.2. The van der Waals surface area contributed by atoms with Crippen LogP contribution in [0.1, 0.15) is 54.5 Å². The average molecular weight is 380 g/mol. The van der Waals surface area contributed by atoms with Crippen molar-refractivity contribution < 1.29 is 9.59 Å². The van der Waals surface area contributed by atoms with E-state index in [2.05, 4.69) is 39.2 Å². The summed E-state index contributed by atoms with van der Waals surface area (Å²) in [4.78, 5) is 29.6. The minimum absolute atomic E-state index is 0.130. The number of para-hydroxylation sites is 2. The maximum absolute atomic E-state index is 12.4. The van der Waals surface area contributed by atoms with Gasteiger partial charge < -0.3 is 15.2 Å². The number of hydrogen-bond donors (Lipinski definition) is 3. The van der Waals surface area contributed by atoms with Crippen molar-refractivity contribution in [1.82, 2.24) is 25.1 Å². The van der Waals surface area contributed by atoms with Crippen LogP contribution in [0.5, 0.6) is 0 Å². The van der Waals surface area contributed by atoms with Crippen molar-refractivity contribution in [2.45, 2.75) is 39.2 Å². The van der Waals surface area contributed by atoms with Gasteiger partial charge in [0.25, 0.3) is 5.91 Å². The monoisotopic (exact) mass is 380 g/mol. The lowest BCUT2D eigenvalue weighted by Crippen LogP contribution is -2.28. The summed E-state index contributed by atoms with van der Waals surface area (Å²) in [6.45, 7) is 5.17. The van der Waals surface area contributed by atoms with Gasteiger partial charge in [0.1, 0.15) is 11.5 Å². The van der Waals surface area contributed by atoms with Gasteiger partial charge in [-0.15, -0.1) is 0 Å². The number of rotatable bonds is 5. The molecule has 8 nitrogen and oxygen atoms in total. The molecular weight excluding hydrogens is 356 g/mol. The first kappa shape index (κ1) is 18.2. The Morgan fingerprint density at radius 1 is 1.36 bits per heavy atom. The summed E-state index contributed by atoms with van der Waals surface area (Å²) in [7, 11) is 1.57. The number of nitrogens with one attached hydrogen (secondary N) is 3. The number of aromatic amines is 1. The molecule has 146 valence electrons. The molecule has 1 atom stereocenters. The van der Waals surface area contributed by atoms with E-state index in [1.807, 2.05) is 24.3 Å². The quantitative estimate of drug-likeness (QED) is 0.633. The van der Waals surface area contributed by atoms with Crippen molar-refractivity contribution >= 4 is 28.7 Å². The van der Waals surface area contributed by atoms with Crippen LogP contribution in [0.3, 0.4) is 0 Å². The molecule has 0 fully saturated rings. The number of amides is 2. The van der Waals surface area contributed by atoms with E-state index in [4.69, 9.17) is 4.98 Å². The van der Waals surface area contributed by atoms with Gasteiger partial charge >= 0.3 is 0 Å². The van der Waals surface area contributed by atoms with Gasteiger partial charge in [-0.2, -0.15) is 5.10 Å². The zero-order chi connectivity index (χ0) is 19.8. The van der Waals surface area contributed by atoms with Gasteiger partial charge in [0.15, 0.2) is 5.82 Å². The summed E-state index contributed by atoms with van der Waals surface area (Å²) in [5, 5.41) is 12.3. The highest BCUT2D eigenvalue weighted by atomic mass is 16.2. The highest BCUT2D eigenvalue weighted by Crippen LogP contribution is 2.39. The fraction of sp³-hybridized carbons (Fsp3) is 0.400. The fourth-order valence-electron chi connectivity index (χ4n) is 3.76. The second-order valence-electron chi connectivity index (χ2n) is 7.54. The van der Waals surface area contributed by atoms with Crippen molar-refractivity contribution in [2.75, 3.05) is 12.4 Å². The summed E-state index contributed by atoms with van der Waals surface area (Å²) in [5.41, 5.74) is 2.99. The molecule has 1 aromatic carbocycles. The van der Waals surface area contributed by atoms with Crippen LogP contribution in [0.25, 0.3) is 11.0 Å². The van der Waals surface area contributed by atoms with Gasteiger partial charge in [-0.05, 0) is 24.5 Å². The molecule has 0 unspecified atom stereocenters. The summed E-state index contributed by atoms with van der Waals surface area (Å²) in [5.74, 6) is 1.01. The van der Waals surface area contributed by atoms with Gasteiger partial charge in [-0.25, -0.2) is 4.98 Å². The molecule has 3 heterocycles. The maximum atomic E-state index is 12.4. The molecule has 8 heteroatoms. The van der Waals surface area contributed by atoms with E-state index in [0.717, 1.165) is 29.8 Å². The Morgan fingerprint density at radius 2 is 2.14 bits per heavy atom. The first-order chi connectivity index (χ1) is 13.5. The normalized spacial score (nSPS) is 16.3. The van der Waals surface area contributed by atoms with Crippen molar-refractivity contribution in [3.8, 4) is 0 Å². The van der Waals surface area contributed by atoms with Gasteiger partial charge in [0.05, 0.1) is 17.0 Å². The van der Waals surface area contributed by atoms with Crippen LogP contribution < -0.4 is 10.6 Å². The van der Waals surface area contributed by atoms with E-state index >= 15 is 0 Å². The van der Waals surface area contributed by atoms with Gasteiger partial charge in [0, 0.05) is 25.6 Å². The standard InChI is InChI=1S/C20H24N6O2/c1-11(2)8-9-26-14-7-5-4-6-13(14)22-19(26)12-10-15(27)23-18-16(12)17(24-25-18)20(28)21-3/h4-7,11-12H,8-10H2,1-3H3,(H,21,28)(H2,23,24,25,27)/t12-/m0/s1. The molecular formula is C20H24N6O2. The number of aryl methyl sites for hydroxylation is 1. The van der Waals surface area contributed by atoms with E-state index in [9.17, 15) is 9.59 Å². The fourth-order valence-corrected chi connectivity index (χ4v) is 3.76. The Balaban J connectivity index is 1.89. The Morgan fingerprint density at radius 3 is 2.89 bits per heavy atom. The molecule has 3 N–H and O–H groups in total. The number of fused-ring (bicyclic) bond motifs is 2. The number of imidazole rings is 1. The molecule has 1 aliphatic heterocycles. The van der Waals surface area contributed by atoms with Gasteiger partial charge in [-0.1, -0.05) is 26.0 Å². The minimum Gasteiger partial charge on any atom is -0.354 e. The Hall–Kier alpha value is -3.16. The molecule has 0 spiro atoms. The maximum Gasteiger partial charge on any atom is 0.269 e. The predicted molar refractivity (Wildman–Crippen MR) is 106 cm³/mol. The highest BCUT2D eigenvalue weighted by molar-refractivity contribution is 6.00. The van der Waals surface area contributed by atoms with Crippen molar-refractivity contribution in [3.05, 3.63) is 41.3 Å². The lowest BCUT2D eigenvalue weighted by Gasteiger charge is -2.23. The first-order valence-electron chi connectivity index (χ1n) is 9.55. The van der Waals surface area contributed by atoms with Crippen molar-refractivity contribution in [3.63, 3.8) is 0 Å². The van der Waals surface area contributed by atoms with E-state index < -0.39 is 0 Å². The molecule has 2 amide bonds. The first-order valence-corrected chi connectivity index (χ1v) is 9.55. The van der Waals surface area contributed by atoms with Crippen LogP contribution in [0.4, 0.5) is 5.82 Å². The topological polar surface area (TPSA) is 105 Å². The van der Waals surface area contributed by atoms with Crippen LogP contribution >= 0.6 is 0 Å². The number of hydrogen-bond acceptors (Lipinski definition) is 4. The number of carbonyl (C=O) groups excluding carboxylic acids is 2. The molecule has 3 aromatic rings. The Labute approximate surface area is 162 Å². The molecule has 0 aliphatic carbocycles. The molecule has 0 radical (unpaired) electrons. The van der Waals surface area contributed by atoms with E-state index in [1.54, 1.807) is 7.05 Å². The molecule has 0 saturated carbocycles. The largest absolute Gasteiger partial charge is 0.354 e. The average Bonchev–Trinajstić information content (AvgIpc) is 3.26. The molecule has 4 rings (SSSR count). The third kappa shape index (κ3) is 3.04. The second-order valence-corrected chi connectivity index (χ2v) is 7.54. The van der Waals surface area contributed by atoms with E-state index in [0.29, 0.717) is 23.0 Å².